The minimum Gasteiger partial charge on any atom is -0.379 e. The largest absolute Gasteiger partial charge is 0.379 e. The first-order valence-corrected chi connectivity index (χ1v) is 11.6. The molecule has 0 bridgehead atoms. The van der Waals surface area contributed by atoms with Crippen molar-refractivity contribution < 1.29 is 13.2 Å². The first-order valence-electron chi connectivity index (χ1n) is 9.21. The lowest BCUT2D eigenvalue weighted by atomic mass is 10.3. The Labute approximate surface area is 159 Å². The standard InChI is InChI=1S/C18H27N3O3S2/c1-14(2)24-11-6-10-19-26(22,23)17-13-21(15-7-3-4-8-15)20-18(17)16-9-5-12-25-16/h5,9,12-15,19H,3-4,6-8,10-11H2,1-2H3. The molecule has 0 atom stereocenters. The molecule has 3 rings (SSSR count). The van der Waals surface area contributed by atoms with Crippen molar-refractivity contribution in [1.82, 2.24) is 14.5 Å². The van der Waals surface area contributed by atoms with Gasteiger partial charge in [-0.2, -0.15) is 5.10 Å². The summed E-state index contributed by atoms with van der Waals surface area (Å²) < 4.78 is 35.8. The molecule has 0 aliphatic heterocycles. The van der Waals surface area contributed by atoms with E-state index in [0.717, 1.165) is 17.7 Å². The molecule has 0 saturated heterocycles. The highest BCUT2D eigenvalue weighted by Gasteiger charge is 2.27. The Morgan fingerprint density at radius 1 is 1.38 bits per heavy atom. The molecule has 0 unspecified atom stereocenters. The van der Waals surface area contributed by atoms with Crippen molar-refractivity contribution >= 4 is 21.4 Å². The van der Waals surface area contributed by atoms with Gasteiger partial charge in [0, 0.05) is 19.3 Å². The van der Waals surface area contributed by atoms with Gasteiger partial charge in [0.15, 0.2) is 0 Å². The Bertz CT molecular complexity index is 792. The summed E-state index contributed by atoms with van der Waals surface area (Å²) in [6.07, 6.45) is 6.97. The maximum absolute atomic E-state index is 12.9. The van der Waals surface area contributed by atoms with E-state index in [0.29, 0.717) is 31.3 Å². The summed E-state index contributed by atoms with van der Waals surface area (Å²) in [5, 5.41) is 6.59. The van der Waals surface area contributed by atoms with Gasteiger partial charge >= 0.3 is 0 Å². The van der Waals surface area contributed by atoms with Gasteiger partial charge in [-0.3, -0.25) is 4.68 Å². The topological polar surface area (TPSA) is 73.2 Å². The molecule has 0 radical (unpaired) electrons. The van der Waals surface area contributed by atoms with Crippen molar-refractivity contribution in [3.63, 3.8) is 0 Å². The van der Waals surface area contributed by atoms with E-state index in [1.807, 2.05) is 36.0 Å². The molecule has 1 aliphatic carbocycles. The Balaban J connectivity index is 1.78. The minimum atomic E-state index is -3.61. The van der Waals surface area contributed by atoms with E-state index in [1.54, 1.807) is 6.20 Å². The van der Waals surface area contributed by atoms with Crippen molar-refractivity contribution in [2.24, 2.45) is 0 Å². The van der Waals surface area contributed by atoms with Crippen molar-refractivity contribution in [2.45, 2.75) is 63.0 Å². The fraction of sp³-hybridized carbons (Fsp3) is 0.611. The van der Waals surface area contributed by atoms with Crippen LogP contribution >= 0.6 is 11.3 Å². The van der Waals surface area contributed by atoms with E-state index >= 15 is 0 Å². The lowest BCUT2D eigenvalue weighted by Gasteiger charge is -2.09. The summed E-state index contributed by atoms with van der Waals surface area (Å²) in [5.74, 6) is 0. The van der Waals surface area contributed by atoms with Crippen LogP contribution in [0.2, 0.25) is 0 Å². The Hall–Kier alpha value is -1.22. The van der Waals surface area contributed by atoms with Crippen LogP contribution in [-0.2, 0) is 14.8 Å². The smallest absolute Gasteiger partial charge is 0.244 e. The van der Waals surface area contributed by atoms with Crippen molar-refractivity contribution in [3.8, 4) is 10.6 Å². The summed E-state index contributed by atoms with van der Waals surface area (Å²) in [7, 11) is -3.61. The molecule has 8 heteroatoms. The van der Waals surface area contributed by atoms with Crippen LogP contribution in [0, 0.1) is 0 Å². The fourth-order valence-corrected chi connectivity index (χ4v) is 5.20. The van der Waals surface area contributed by atoms with Crippen LogP contribution in [0.1, 0.15) is 52.0 Å². The monoisotopic (exact) mass is 397 g/mol. The molecule has 0 amide bonds. The maximum Gasteiger partial charge on any atom is 0.244 e. The highest BCUT2D eigenvalue weighted by atomic mass is 32.2. The number of sulfonamides is 1. The molecule has 0 spiro atoms. The number of hydrogen-bond acceptors (Lipinski definition) is 5. The molecule has 1 N–H and O–H groups in total. The van der Waals surface area contributed by atoms with Gasteiger partial charge in [-0.15, -0.1) is 11.3 Å². The van der Waals surface area contributed by atoms with Crippen LogP contribution in [0.25, 0.3) is 10.6 Å². The van der Waals surface area contributed by atoms with E-state index in [1.165, 1.54) is 24.2 Å². The fourth-order valence-electron chi connectivity index (χ4n) is 3.19. The first-order chi connectivity index (χ1) is 12.5. The molecular weight excluding hydrogens is 370 g/mol. The van der Waals surface area contributed by atoms with Gasteiger partial charge in [-0.05, 0) is 44.6 Å². The van der Waals surface area contributed by atoms with Gasteiger partial charge in [0.2, 0.25) is 10.0 Å². The predicted molar refractivity (Wildman–Crippen MR) is 104 cm³/mol. The molecule has 1 saturated carbocycles. The molecular formula is C18H27N3O3S2. The third-order valence-corrected chi connectivity index (χ3v) is 6.84. The molecule has 2 heterocycles. The van der Waals surface area contributed by atoms with Crippen LogP contribution in [0.15, 0.2) is 28.6 Å². The Morgan fingerprint density at radius 2 is 2.15 bits per heavy atom. The number of hydrogen-bond donors (Lipinski definition) is 1. The van der Waals surface area contributed by atoms with E-state index in [9.17, 15) is 8.42 Å². The number of rotatable bonds is 9. The molecule has 2 aromatic heterocycles. The molecule has 6 nitrogen and oxygen atoms in total. The van der Waals surface area contributed by atoms with Crippen LogP contribution < -0.4 is 4.72 Å². The number of ether oxygens (including phenoxy) is 1. The molecule has 144 valence electrons. The highest BCUT2D eigenvalue weighted by molar-refractivity contribution is 7.89. The third kappa shape index (κ3) is 4.73. The summed E-state index contributed by atoms with van der Waals surface area (Å²) in [5.41, 5.74) is 0.554. The van der Waals surface area contributed by atoms with Gasteiger partial charge in [-0.1, -0.05) is 18.9 Å². The van der Waals surface area contributed by atoms with Crippen LogP contribution in [-0.4, -0.2) is 37.5 Å². The summed E-state index contributed by atoms with van der Waals surface area (Å²) in [4.78, 5) is 1.15. The SMILES string of the molecule is CC(C)OCCCNS(=O)(=O)c1cn(C2CCCC2)nc1-c1cccs1. The molecule has 26 heavy (non-hydrogen) atoms. The third-order valence-electron chi connectivity index (χ3n) is 4.51. The number of nitrogens with zero attached hydrogens (tertiary/aromatic N) is 2. The minimum absolute atomic E-state index is 0.154. The van der Waals surface area contributed by atoms with Gasteiger partial charge in [0.25, 0.3) is 0 Å². The zero-order valence-electron chi connectivity index (χ0n) is 15.3. The molecule has 1 fully saturated rings. The number of nitrogens with one attached hydrogen (secondary N) is 1. The van der Waals surface area contributed by atoms with Crippen molar-refractivity contribution in [3.05, 3.63) is 23.7 Å². The number of aromatic nitrogens is 2. The lowest BCUT2D eigenvalue weighted by Crippen LogP contribution is -2.26. The van der Waals surface area contributed by atoms with E-state index in [-0.39, 0.29) is 11.0 Å². The molecule has 1 aliphatic rings. The van der Waals surface area contributed by atoms with Crippen LogP contribution in [0.5, 0.6) is 0 Å². The highest BCUT2D eigenvalue weighted by Crippen LogP contribution is 2.34. The van der Waals surface area contributed by atoms with Gasteiger partial charge in [-0.25, -0.2) is 13.1 Å². The van der Waals surface area contributed by atoms with Crippen LogP contribution in [0.3, 0.4) is 0 Å². The summed E-state index contributed by atoms with van der Waals surface area (Å²) >= 11 is 1.51. The van der Waals surface area contributed by atoms with E-state index in [4.69, 9.17) is 4.74 Å². The average molecular weight is 398 g/mol. The van der Waals surface area contributed by atoms with Gasteiger partial charge < -0.3 is 4.74 Å². The summed E-state index contributed by atoms with van der Waals surface area (Å²) in [6.45, 7) is 4.83. The Morgan fingerprint density at radius 3 is 2.81 bits per heavy atom. The lowest BCUT2D eigenvalue weighted by molar-refractivity contribution is 0.0778. The second-order valence-electron chi connectivity index (χ2n) is 6.91. The maximum atomic E-state index is 12.9. The van der Waals surface area contributed by atoms with Crippen molar-refractivity contribution in [2.75, 3.05) is 13.2 Å². The van der Waals surface area contributed by atoms with Gasteiger partial charge in [0.1, 0.15) is 10.6 Å². The second-order valence-corrected chi connectivity index (χ2v) is 9.59. The predicted octanol–water partition coefficient (Wildman–Crippen LogP) is 3.82. The zero-order chi connectivity index (χ0) is 18.6. The van der Waals surface area contributed by atoms with Crippen LogP contribution in [0.4, 0.5) is 0 Å². The Kier molecular flexibility index (Phi) is 6.50. The van der Waals surface area contributed by atoms with E-state index in [2.05, 4.69) is 9.82 Å². The number of thiophene rings is 1. The quantitative estimate of drug-likeness (QED) is 0.653. The second kappa shape index (κ2) is 8.65. The van der Waals surface area contributed by atoms with Crippen molar-refractivity contribution in [1.29, 1.82) is 0 Å². The molecule has 0 aromatic carbocycles. The first kappa shape index (κ1) is 19.5. The average Bonchev–Trinajstić information content (AvgIpc) is 3.32. The summed E-state index contributed by atoms with van der Waals surface area (Å²) in [6, 6.07) is 4.14. The van der Waals surface area contributed by atoms with E-state index < -0.39 is 10.0 Å². The zero-order valence-corrected chi connectivity index (χ0v) is 17.0. The molecule has 2 aromatic rings. The normalized spacial score (nSPS) is 16.0. The van der Waals surface area contributed by atoms with Gasteiger partial charge in [0.05, 0.1) is 17.0 Å².